The lowest BCUT2D eigenvalue weighted by Gasteiger charge is -2.36. The third-order valence-corrected chi connectivity index (χ3v) is 4.48. The summed E-state index contributed by atoms with van der Waals surface area (Å²) in [5, 5.41) is 0.832. The van der Waals surface area contributed by atoms with E-state index in [-0.39, 0.29) is 0 Å². The van der Waals surface area contributed by atoms with Crippen LogP contribution in [0.25, 0.3) is 0 Å². The summed E-state index contributed by atoms with van der Waals surface area (Å²) in [5.74, 6) is 0.985. The Morgan fingerprint density at radius 3 is 2.47 bits per heavy atom. The number of nitrogens with two attached hydrogens (primary N) is 1. The van der Waals surface area contributed by atoms with E-state index in [1.807, 2.05) is 6.07 Å². The van der Waals surface area contributed by atoms with Crippen molar-refractivity contribution in [1.29, 1.82) is 0 Å². The fourth-order valence-corrected chi connectivity index (χ4v) is 3.09. The van der Waals surface area contributed by atoms with Gasteiger partial charge in [0.25, 0.3) is 0 Å². The van der Waals surface area contributed by atoms with Crippen molar-refractivity contribution in [3.8, 4) is 0 Å². The predicted molar refractivity (Wildman–Crippen MR) is 80.7 cm³/mol. The highest BCUT2D eigenvalue weighted by Crippen LogP contribution is 2.31. The summed E-state index contributed by atoms with van der Waals surface area (Å²) in [4.78, 5) is 4.99. The minimum Gasteiger partial charge on any atom is -0.368 e. The first kappa shape index (κ1) is 13.2. The summed E-state index contributed by atoms with van der Waals surface area (Å²) in [7, 11) is 0. The van der Waals surface area contributed by atoms with E-state index in [9.17, 15) is 0 Å². The maximum atomic E-state index is 6.36. The molecule has 0 spiro atoms. The van der Waals surface area contributed by atoms with E-state index < -0.39 is 0 Å². The van der Waals surface area contributed by atoms with Crippen LogP contribution in [-0.4, -0.2) is 37.6 Å². The van der Waals surface area contributed by atoms with Crippen LogP contribution in [0.3, 0.4) is 0 Å². The number of nitrogens with zero attached hydrogens (tertiary/aromatic N) is 2. The Morgan fingerprint density at radius 2 is 1.89 bits per heavy atom. The lowest BCUT2D eigenvalue weighted by Crippen LogP contribution is -2.47. The first-order valence-corrected chi connectivity index (χ1v) is 7.60. The normalized spacial score (nSPS) is 20.8. The second-order valence-electron chi connectivity index (χ2n) is 5.72. The van der Waals surface area contributed by atoms with E-state index in [1.54, 1.807) is 0 Å². The summed E-state index contributed by atoms with van der Waals surface area (Å²) >= 11 is 6.36. The number of piperazine rings is 1. The fourth-order valence-electron chi connectivity index (χ4n) is 2.77. The third-order valence-electron chi connectivity index (χ3n) is 4.17. The third kappa shape index (κ3) is 3.22. The van der Waals surface area contributed by atoms with Crippen molar-refractivity contribution in [3.63, 3.8) is 0 Å². The maximum absolute atomic E-state index is 6.36. The zero-order valence-electron chi connectivity index (χ0n) is 11.3. The SMILES string of the molecule is NCc1ccc(N2CCN(CC3CC3)CC2)c(Cl)c1. The van der Waals surface area contributed by atoms with Crippen molar-refractivity contribution in [3.05, 3.63) is 28.8 Å². The van der Waals surface area contributed by atoms with E-state index in [0.717, 1.165) is 48.4 Å². The van der Waals surface area contributed by atoms with Gasteiger partial charge in [-0.25, -0.2) is 0 Å². The van der Waals surface area contributed by atoms with Crippen molar-refractivity contribution >= 4 is 17.3 Å². The molecular formula is C15H22ClN3. The lowest BCUT2D eigenvalue weighted by atomic mass is 10.1. The Labute approximate surface area is 120 Å². The minimum atomic E-state index is 0.551. The number of rotatable bonds is 4. The molecular weight excluding hydrogens is 258 g/mol. The van der Waals surface area contributed by atoms with Crippen molar-refractivity contribution < 1.29 is 0 Å². The Hall–Kier alpha value is -0.770. The molecule has 19 heavy (non-hydrogen) atoms. The number of hydrogen-bond donors (Lipinski definition) is 1. The molecule has 0 bridgehead atoms. The molecule has 1 aromatic carbocycles. The molecule has 2 N–H and O–H groups in total. The molecule has 2 aliphatic rings. The molecule has 3 nitrogen and oxygen atoms in total. The van der Waals surface area contributed by atoms with Gasteiger partial charge in [-0.05, 0) is 36.5 Å². The molecule has 0 radical (unpaired) electrons. The van der Waals surface area contributed by atoms with Crippen molar-refractivity contribution in [2.45, 2.75) is 19.4 Å². The van der Waals surface area contributed by atoms with Gasteiger partial charge in [-0.15, -0.1) is 0 Å². The van der Waals surface area contributed by atoms with Crippen molar-refractivity contribution in [2.24, 2.45) is 11.7 Å². The van der Waals surface area contributed by atoms with Gasteiger partial charge < -0.3 is 10.6 Å². The average molecular weight is 280 g/mol. The van der Waals surface area contributed by atoms with Crippen LogP contribution < -0.4 is 10.6 Å². The number of halogens is 1. The van der Waals surface area contributed by atoms with Gasteiger partial charge in [0.2, 0.25) is 0 Å². The van der Waals surface area contributed by atoms with Gasteiger partial charge in [0, 0.05) is 39.3 Å². The van der Waals surface area contributed by atoms with E-state index in [1.165, 1.54) is 19.4 Å². The average Bonchev–Trinajstić information content (AvgIpc) is 3.24. The molecule has 0 amide bonds. The van der Waals surface area contributed by atoms with Crippen LogP contribution >= 0.6 is 11.6 Å². The Bertz CT molecular complexity index is 437. The topological polar surface area (TPSA) is 32.5 Å². The molecule has 2 fully saturated rings. The Kier molecular flexibility index (Phi) is 3.96. The zero-order chi connectivity index (χ0) is 13.2. The van der Waals surface area contributed by atoms with Gasteiger partial charge in [-0.2, -0.15) is 0 Å². The molecule has 1 saturated carbocycles. The minimum absolute atomic E-state index is 0.551. The molecule has 0 atom stereocenters. The summed E-state index contributed by atoms with van der Waals surface area (Å²) in [6.07, 6.45) is 2.87. The second kappa shape index (κ2) is 5.70. The van der Waals surface area contributed by atoms with Gasteiger partial charge in [-0.3, -0.25) is 4.90 Å². The molecule has 104 valence electrons. The molecule has 3 rings (SSSR count). The highest BCUT2D eigenvalue weighted by Gasteiger charge is 2.26. The number of hydrogen-bond acceptors (Lipinski definition) is 3. The van der Waals surface area contributed by atoms with E-state index in [2.05, 4.69) is 21.9 Å². The Balaban J connectivity index is 1.60. The van der Waals surface area contributed by atoms with E-state index in [4.69, 9.17) is 17.3 Å². The monoisotopic (exact) mass is 279 g/mol. The highest BCUT2D eigenvalue weighted by molar-refractivity contribution is 6.33. The van der Waals surface area contributed by atoms with Crippen LogP contribution in [0.15, 0.2) is 18.2 Å². The predicted octanol–water partition coefficient (Wildman–Crippen LogP) is 2.33. The summed E-state index contributed by atoms with van der Waals surface area (Å²) < 4.78 is 0. The molecule has 1 heterocycles. The Morgan fingerprint density at radius 1 is 1.16 bits per heavy atom. The summed E-state index contributed by atoms with van der Waals surface area (Å²) in [6.45, 7) is 6.32. The molecule has 1 aliphatic carbocycles. The van der Waals surface area contributed by atoms with E-state index >= 15 is 0 Å². The first-order chi connectivity index (χ1) is 9.26. The van der Waals surface area contributed by atoms with Gasteiger partial charge in [0.15, 0.2) is 0 Å². The van der Waals surface area contributed by atoms with Crippen LogP contribution in [0, 0.1) is 5.92 Å². The molecule has 0 unspecified atom stereocenters. The van der Waals surface area contributed by atoms with Crippen LogP contribution in [-0.2, 0) is 6.54 Å². The van der Waals surface area contributed by atoms with E-state index in [0.29, 0.717) is 6.54 Å². The van der Waals surface area contributed by atoms with Crippen LogP contribution in [0.4, 0.5) is 5.69 Å². The maximum Gasteiger partial charge on any atom is 0.0642 e. The van der Waals surface area contributed by atoms with Crippen LogP contribution in [0.1, 0.15) is 18.4 Å². The van der Waals surface area contributed by atoms with Crippen molar-refractivity contribution in [1.82, 2.24) is 4.90 Å². The standard InChI is InChI=1S/C15H22ClN3/c16-14-9-13(10-17)3-4-15(14)19-7-5-18(6-8-19)11-12-1-2-12/h3-4,9,12H,1-2,5-8,10-11,17H2. The smallest absolute Gasteiger partial charge is 0.0642 e. The van der Waals surface area contributed by atoms with Gasteiger partial charge in [0.05, 0.1) is 10.7 Å². The second-order valence-corrected chi connectivity index (χ2v) is 6.13. The molecule has 1 aliphatic heterocycles. The van der Waals surface area contributed by atoms with Gasteiger partial charge in [0.1, 0.15) is 0 Å². The number of benzene rings is 1. The highest BCUT2D eigenvalue weighted by atomic mass is 35.5. The first-order valence-electron chi connectivity index (χ1n) is 7.22. The molecule has 1 saturated heterocycles. The molecule has 4 heteroatoms. The largest absolute Gasteiger partial charge is 0.368 e. The van der Waals surface area contributed by atoms with Gasteiger partial charge in [-0.1, -0.05) is 17.7 Å². The summed E-state index contributed by atoms with van der Waals surface area (Å²) in [5.41, 5.74) is 7.89. The fraction of sp³-hybridized carbons (Fsp3) is 0.600. The summed E-state index contributed by atoms with van der Waals surface area (Å²) in [6, 6.07) is 6.19. The molecule has 0 aromatic heterocycles. The quantitative estimate of drug-likeness (QED) is 0.918. The zero-order valence-corrected chi connectivity index (χ0v) is 12.1. The van der Waals surface area contributed by atoms with Crippen LogP contribution in [0.5, 0.6) is 0 Å². The molecule has 1 aromatic rings. The van der Waals surface area contributed by atoms with Crippen LogP contribution in [0.2, 0.25) is 5.02 Å². The van der Waals surface area contributed by atoms with Gasteiger partial charge >= 0.3 is 0 Å². The number of anilines is 1. The van der Waals surface area contributed by atoms with Crippen molar-refractivity contribution in [2.75, 3.05) is 37.6 Å². The lowest BCUT2D eigenvalue weighted by molar-refractivity contribution is 0.248.